The molecule has 1 saturated heterocycles. The Balaban J connectivity index is 1.45. The number of hydrogen-bond acceptors (Lipinski definition) is 8. The molecule has 45 heavy (non-hydrogen) atoms. The summed E-state index contributed by atoms with van der Waals surface area (Å²) in [7, 11) is 1.58. The molecule has 11 nitrogen and oxygen atoms in total. The number of carbonyl (C=O) groups is 2. The van der Waals surface area contributed by atoms with Crippen LogP contribution in [0, 0.1) is 5.92 Å². The van der Waals surface area contributed by atoms with Gasteiger partial charge in [-0.1, -0.05) is 12.7 Å². The predicted molar refractivity (Wildman–Crippen MR) is 178 cm³/mol. The van der Waals surface area contributed by atoms with Gasteiger partial charge < -0.3 is 29.7 Å². The number of anilines is 1. The van der Waals surface area contributed by atoms with E-state index in [1.807, 2.05) is 13.0 Å². The first-order chi connectivity index (χ1) is 21.8. The highest BCUT2D eigenvalue weighted by Gasteiger charge is 2.20. The van der Waals surface area contributed by atoms with E-state index in [-0.39, 0.29) is 11.9 Å². The Morgan fingerprint density at radius 2 is 1.96 bits per heavy atom. The lowest BCUT2D eigenvalue weighted by molar-refractivity contribution is -0.112. The summed E-state index contributed by atoms with van der Waals surface area (Å²) in [6, 6.07) is 9.00. The maximum absolute atomic E-state index is 13.2. The lowest BCUT2D eigenvalue weighted by Crippen LogP contribution is -2.39. The van der Waals surface area contributed by atoms with Crippen LogP contribution in [0.3, 0.4) is 0 Å². The number of fused-ring (bicyclic) bond motifs is 1. The summed E-state index contributed by atoms with van der Waals surface area (Å²) in [5.74, 6) is 1.79. The van der Waals surface area contributed by atoms with E-state index in [2.05, 4.69) is 45.9 Å². The Labute approximate surface area is 265 Å². The van der Waals surface area contributed by atoms with Crippen molar-refractivity contribution in [3.05, 3.63) is 67.0 Å². The number of ether oxygens (including phenoxy) is 3. The van der Waals surface area contributed by atoms with Crippen LogP contribution < -0.4 is 20.1 Å². The van der Waals surface area contributed by atoms with Gasteiger partial charge in [0.1, 0.15) is 18.2 Å². The summed E-state index contributed by atoms with van der Waals surface area (Å²) in [5.41, 5.74) is 1.05. The Kier molecular flexibility index (Phi) is 12.3. The van der Waals surface area contributed by atoms with E-state index in [9.17, 15) is 9.59 Å². The number of carbonyl (C=O) groups excluding carboxylic acids is 2. The molecule has 1 fully saturated rings. The summed E-state index contributed by atoms with van der Waals surface area (Å²) < 4.78 is 19.1. The molecule has 0 spiro atoms. The maximum Gasteiger partial charge on any atom is 0.325 e. The van der Waals surface area contributed by atoms with E-state index < -0.39 is 0 Å². The number of allylic oxidation sites excluding steroid dienone is 2. The van der Waals surface area contributed by atoms with E-state index in [0.717, 1.165) is 31.3 Å². The fourth-order valence-corrected chi connectivity index (χ4v) is 5.10. The largest absolute Gasteiger partial charge is 0.487 e. The van der Waals surface area contributed by atoms with Gasteiger partial charge in [-0.15, -0.1) is 0 Å². The van der Waals surface area contributed by atoms with Crippen LogP contribution in [0.2, 0.25) is 0 Å². The highest BCUT2D eigenvalue weighted by atomic mass is 16.5. The average Bonchev–Trinajstić information content (AvgIpc) is 3.45. The number of pyridine rings is 1. The van der Waals surface area contributed by atoms with Gasteiger partial charge in [0.25, 0.3) is 5.91 Å². The smallest absolute Gasteiger partial charge is 0.325 e. The summed E-state index contributed by atoms with van der Waals surface area (Å²) in [6.45, 7) is 14.2. The highest BCUT2D eigenvalue weighted by molar-refractivity contribution is 6.17. The van der Waals surface area contributed by atoms with Crippen LogP contribution in [-0.2, 0) is 9.53 Å². The van der Waals surface area contributed by atoms with E-state index >= 15 is 0 Å². The van der Waals surface area contributed by atoms with Crippen molar-refractivity contribution < 1.29 is 23.8 Å². The van der Waals surface area contributed by atoms with Crippen LogP contribution in [-0.4, -0.2) is 85.1 Å². The van der Waals surface area contributed by atoms with Crippen molar-refractivity contribution in [1.29, 1.82) is 0 Å². The van der Waals surface area contributed by atoms with Crippen LogP contribution in [0.25, 0.3) is 10.9 Å². The molecule has 3 heterocycles. The minimum Gasteiger partial charge on any atom is -0.487 e. The summed E-state index contributed by atoms with van der Waals surface area (Å²) >= 11 is 0. The molecule has 0 unspecified atom stereocenters. The van der Waals surface area contributed by atoms with Crippen LogP contribution in [0.4, 0.5) is 10.6 Å². The zero-order chi connectivity index (χ0) is 32.2. The van der Waals surface area contributed by atoms with Gasteiger partial charge in [0.05, 0.1) is 17.7 Å². The molecular formula is C34H44N6O5. The van der Waals surface area contributed by atoms with Crippen LogP contribution in [0.5, 0.6) is 17.2 Å². The monoisotopic (exact) mass is 616 g/mol. The molecule has 1 aliphatic heterocycles. The number of nitrogens with one attached hydrogen (secondary N) is 2. The number of benzene rings is 1. The molecular weight excluding hydrogens is 572 g/mol. The van der Waals surface area contributed by atoms with E-state index in [1.54, 1.807) is 62.1 Å². The number of amides is 2. The van der Waals surface area contributed by atoms with Crippen molar-refractivity contribution in [3.63, 3.8) is 0 Å². The molecule has 1 aromatic carbocycles. The SMILES string of the molecule is C=C/C=C(\C=N/CC1CCN(C(C)C)CC1)C(=O)Nc1cc(Oc2cc3ccn(C(=O)NC)c3cc2OCCOCC)ccn1. The summed E-state index contributed by atoms with van der Waals surface area (Å²) in [6.07, 6.45) is 10.2. The van der Waals surface area contributed by atoms with Crippen molar-refractivity contribution in [2.45, 2.75) is 39.7 Å². The highest BCUT2D eigenvalue weighted by Crippen LogP contribution is 2.36. The Bertz CT molecular complexity index is 1520. The molecule has 2 N–H and O–H groups in total. The van der Waals surface area contributed by atoms with Gasteiger partial charge in [0.2, 0.25) is 0 Å². The van der Waals surface area contributed by atoms with Crippen molar-refractivity contribution in [3.8, 4) is 17.2 Å². The third-order valence-electron chi connectivity index (χ3n) is 7.61. The molecule has 11 heteroatoms. The number of aliphatic imine (C=N–C) groups is 1. The zero-order valence-corrected chi connectivity index (χ0v) is 26.6. The van der Waals surface area contributed by atoms with Gasteiger partial charge in [0.15, 0.2) is 11.5 Å². The molecule has 0 bridgehead atoms. The molecule has 0 atom stereocenters. The van der Waals surface area contributed by atoms with Gasteiger partial charge in [-0.3, -0.25) is 14.4 Å². The third kappa shape index (κ3) is 9.26. The number of nitrogens with zero attached hydrogens (tertiary/aromatic N) is 4. The zero-order valence-electron chi connectivity index (χ0n) is 26.6. The van der Waals surface area contributed by atoms with Gasteiger partial charge in [-0.05, 0) is 76.9 Å². The average molecular weight is 617 g/mol. The fraction of sp³-hybridized carbons (Fsp3) is 0.412. The minimum atomic E-state index is -0.352. The Hall–Kier alpha value is -4.48. The number of aromatic nitrogens is 2. The first kappa shape index (κ1) is 33.4. The number of likely N-dealkylation sites (tertiary alicyclic amines) is 1. The maximum atomic E-state index is 13.2. The predicted octanol–water partition coefficient (Wildman–Crippen LogP) is 5.67. The van der Waals surface area contributed by atoms with Crippen molar-refractivity contribution in [2.75, 3.05) is 51.8 Å². The first-order valence-electron chi connectivity index (χ1n) is 15.4. The number of piperidine rings is 1. The van der Waals surface area contributed by atoms with Crippen molar-refractivity contribution in [1.82, 2.24) is 19.8 Å². The van der Waals surface area contributed by atoms with Crippen LogP contribution in [0.1, 0.15) is 33.6 Å². The number of hydrogen-bond donors (Lipinski definition) is 2. The summed E-state index contributed by atoms with van der Waals surface area (Å²) in [5, 5.41) is 6.26. The van der Waals surface area contributed by atoms with E-state index in [1.165, 1.54) is 4.57 Å². The Morgan fingerprint density at radius 1 is 1.16 bits per heavy atom. The quantitative estimate of drug-likeness (QED) is 0.104. The molecule has 240 valence electrons. The molecule has 2 amide bonds. The van der Waals surface area contributed by atoms with E-state index in [4.69, 9.17) is 14.2 Å². The third-order valence-corrected chi connectivity index (χ3v) is 7.61. The first-order valence-corrected chi connectivity index (χ1v) is 15.4. The molecule has 4 rings (SSSR count). The lowest BCUT2D eigenvalue weighted by atomic mass is 9.96. The summed E-state index contributed by atoms with van der Waals surface area (Å²) in [4.78, 5) is 36.9. The van der Waals surface area contributed by atoms with Gasteiger partial charge >= 0.3 is 6.03 Å². The van der Waals surface area contributed by atoms with Crippen LogP contribution in [0.15, 0.2) is 72.0 Å². The molecule has 0 aliphatic carbocycles. The van der Waals surface area contributed by atoms with E-state index in [0.29, 0.717) is 72.5 Å². The lowest BCUT2D eigenvalue weighted by Gasteiger charge is -2.34. The number of rotatable bonds is 14. The normalized spacial score (nSPS) is 14.6. The van der Waals surface area contributed by atoms with Gasteiger partial charge in [-0.2, -0.15) is 0 Å². The van der Waals surface area contributed by atoms with Gasteiger partial charge in [-0.25, -0.2) is 9.78 Å². The molecule has 1 aliphatic rings. The fourth-order valence-electron chi connectivity index (χ4n) is 5.10. The second-order valence-corrected chi connectivity index (χ2v) is 11.0. The topological polar surface area (TPSA) is 119 Å². The van der Waals surface area contributed by atoms with Crippen molar-refractivity contribution >= 4 is 34.9 Å². The van der Waals surface area contributed by atoms with Crippen molar-refractivity contribution in [2.24, 2.45) is 10.9 Å². The molecule has 3 aromatic rings. The Morgan fingerprint density at radius 3 is 2.67 bits per heavy atom. The second-order valence-electron chi connectivity index (χ2n) is 11.0. The minimum absolute atomic E-state index is 0.268. The van der Waals surface area contributed by atoms with Crippen LogP contribution >= 0.6 is 0 Å². The molecule has 2 aromatic heterocycles. The second kappa shape index (κ2) is 16.6. The molecule has 0 radical (unpaired) electrons. The standard InChI is InChI=1S/C34H44N6O5/c1-6-8-27(23-36-22-25-10-14-39(15-11-25)24(3)4)33(41)38-32-20-28(9-13-37-32)45-31-19-26-12-16-40(34(42)35-5)29(26)21-30(31)44-18-17-43-7-2/h6,8-9,12-13,16,19-21,23-25H,1,7,10-11,14-15,17-18,22H2,2-5H3,(H,35,42)(H,37,38,41)/b27-8+,36-23-. The van der Waals surface area contributed by atoms with Gasteiger partial charge in [0, 0.05) is 62.4 Å². The molecule has 0 saturated carbocycles.